The predicted molar refractivity (Wildman–Crippen MR) is 69.8 cm³/mol. The third-order valence-corrected chi connectivity index (χ3v) is 2.81. The lowest BCUT2D eigenvalue weighted by Gasteiger charge is -2.18. The smallest absolute Gasteiger partial charge is 0.287 e. The summed E-state index contributed by atoms with van der Waals surface area (Å²) in [4.78, 5) is 23.4. The number of nitro groups is 1. The first-order valence-corrected chi connectivity index (χ1v) is 5.83. The molecule has 0 aliphatic carbocycles. The van der Waals surface area contributed by atoms with Crippen LogP contribution in [0, 0.1) is 27.4 Å². The van der Waals surface area contributed by atoms with E-state index in [0.717, 1.165) is 0 Å². The number of nitriles is 1. The average molecular weight is 282 g/mol. The van der Waals surface area contributed by atoms with Crippen LogP contribution in [-0.2, 0) is 0 Å². The quantitative estimate of drug-likeness (QED) is 0.626. The SMILES string of the molecule is CC(C#N)CN(C)C(=O)c1ccc([N+](=O)[O-])c(Cl)c1. The number of nitro benzene ring substituents is 1. The van der Waals surface area contributed by atoms with Gasteiger partial charge in [0.1, 0.15) is 5.02 Å². The van der Waals surface area contributed by atoms with Gasteiger partial charge in [-0.3, -0.25) is 14.9 Å². The molecule has 0 aliphatic heterocycles. The Morgan fingerprint density at radius 1 is 1.63 bits per heavy atom. The molecule has 0 fully saturated rings. The van der Waals surface area contributed by atoms with Crippen molar-refractivity contribution in [3.63, 3.8) is 0 Å². The summed E-state index contributed by atoms with van der Waals surface area (Å²) in [5, 5.41) is 19.2. The second kappa shape index (κ2) is 6.16. The van der Waals surface area contributed by atoms with E-state index in [4.69, 9.17) is 16.9 Å². The summed E-state index contributed by atoms with van der Waals surface area (Å²) in [5.74, 6) is -0.624. The molecular formula is C12H12ClN3O3. The molecule has 1 aromatic rings. The van der Waals surface area contributed by atoms with Crippen LogP contribution >= 0.6 is 11.6 Å². The molecular weight excluding hydrogens is 270 g/mol. The van der Waals surface area contributed by atoms with Crippen LogP contribution in [0.1, 0.15) is 17.3 Å². The zero-order valence-corrected chi connectivity index (χ0v) is 11.2. The molecule has 100 valence electrons. The van der Waals surface area contributed by atoms with Crippen LogP contribution in [0.25, 0.3) is 0 Å². The van der Waals surface area contributed by atoms with E-state index >= 15 is 0 Å². The lowest BCUT2D eigenvalue weighted by Crippen LogP contribution is -2.30. The minimum Gasteiger partial charge on any atom is -0.340 e. The van der Waals surface area contributed by atoms with Crippen molar-refractivity contribution in [2.45, 2.75) is 6.92 Å². The van der Waals surface area contributed by atoms with Crippen LogP contribution < -0.4 is 0 Å². The van der Waals surface area contributed by atoms with E-state index in [0.29, 0.717) is 0 Å². The Labute approximate surface area is 115 Å². The number of rotatable bonds is 4. The van der Waals surface area contributed by atoms with Crippen molar-refractivity contribution in [1.29, 1.82) is 5.26 Å². The topological polar surface area (TPSA) is 87.2 Å². The number of hydrogen-bond donors (Lipinski definition) is 0. The number of carbonyl (C=O) groups excluding carboxylic acids is 1. The highest BCUT2D eigenvalue weighted by atomic mass is 35.5. The summed E-state index contributed by atoms with van der Waals surface area (Å²) < 4.78 is 0. The highest BCUT2D eigenvalue weighted by Crippen LogP contribution is 2.25. The molecule has 0 aliphatic rings. The Kier molecular flexibility index (Phi) is 4.84. The van der Waals surface area contributed by atoms with Crippen molar-refractivity contribution < 1.29 is 9.72 Å². The molecule has 0 aromatic heterocycles. The van der Waals surface area contributed by atoms with E-state index in [2.05, 4.69) is 0 Å². The van der Waals surface area contributed by atoms with Crippen molar-refractivity contribution in [1.82, 2.24) is 4.90 Å². The van der Waals surface area contributed by atoms with E-state index in [9.17, 15) is 14.9 Å². The van der Waals surface area contributed by atoms with Crippen LogP contribution in [-0.4, -0.2) is 29.3 Å². The molecule has 0 bridgehead atoms. The second-order valence-corrected chi connectivity index (χ2v) is 4.55. The van der Waals surface area contributed by atoms with E-state index in [-0.39, 0.29) is 34.6 Å². The zero-order valence-electron chi connectivity index (χ0n) is 10.5. The monoisotopic (exact) mass is 281 g/mol. The molecule has 1 atom stereocenters. The summed E-state index contributed by atoms with van der Waals surface area (Å²) in [5.41, 5.74) is 0.00880. The first kappa shape index (κ1) is 14.9. The Morgan fingerprint density at radius 3 is 2.74 bits per heavy atom. The van der Waals surface area contributed by atoms with Crippen molar-refractivity contribution in [2.75, 3.05) is 13.6 Å². The highest BCUT2D eigenvalue weighted by Gasteiger charge is 2.18. The first-order valence-electron chi connectivity index (χ1n) is 5.45. The van der Waals surface area contributed by atoms with E-state index < -0.39 is 4.92 Å². The van der Waals surface area contributed by atoms with Crippen LogP contribution in [0.5, 0.6) is 0 Å². The van der Waals surface area contributed by atoms with Gasteiger partial charge >= 0.3 is 0 Å². The highest BCUT2D eigenvalue weighted by molar-refractivity contribution is 6.33. The molecule has 7 heteroatoms. The van der Waals surface area contributed by atoms with Crippen LogP contribution in [0.15, 0.2) is 18.2 Å². The molecule has 0 spiro atoms. The fourth-order valence-corrected chi connectivity index (χ4v) is 1.79. The predicted octanol–water partition coefficient (Wildman–Crippen LogP) is 2.48. The zero-order chi connectivity index (χ0) is 14.6. The molecule has 1 aromatic carbocycles. The summed E-state index contributed by atoms with van der Waals surface area (Å²) >= 11 is 5.74. The van der Waals surface area contributed by atoms with Gasteiger partial charge in [0.15, 0.2) is 0 Å². The van der Waals surface area contributed by atoms with Gasteiger partial charge in [0.05, 0.1) is 16.9 Å². The van der Waals surface area contributed by atoms with Crippen LogP contribution in [0.3, 0.4) is 0 Å². The Morgan fingerprint density at radius 2 is 2.26 bits per heavy atom. The lowest BCUT2D eigenvalue weighted by atomic mass is 10.1. The second-order valence-electron chi connectivity index (χ2n) is 4.14. The average Bonchev–Trinajstić information content (AvgIpc) is 2.36. The van der Waals surface area contributed by atoms with Gasteiger partial charge in [-0.25, -0.2) is 0 Å². The summed E-state index contributed by atoms with van der Waals surface area (Å²) in [7, 11) is 1.56. The maximum Gasteiger partial charge on any atom is 0.287 e. The van der Waals surface area contributed by atoms with Gasteiger partial charge in [-0.15, -0.1) is 0 Å². The van der Waals surface area contributed by atoms with Gasteiger partial charge < -0.3 is 4.90 Å². The minimum absolute atomic E-state index is 0.0856. The number of hydrogen-bond acceptors (Lipinski definition) is 4. The third-order valence-electron chi connectivity index (χ3n) is 2.51. The standard InChI is InChI=1S/C12H12ClN3O3/c1-8(6-14)7-15(2)12(17)9-3-4-11(16(18)19)10(13)5-9/h3-5,8H,7H2,1-2H3. The molecule has 0 saturated heterocycles. The fourth-order valence-electron chi connectivity index (χ4n) is 1.54. The third kappa shape index (κ3) is 3.66. The van der Waals surface area contributed by atoms with Gasteiger partial charge in [0, 0.05) is 25.2 Å². The normalized spacial score (nSPS) is 11.5. The van der Waals surface area contributed by atoms with E-state index in [1.165, 1.54) is 23.1 Å². The largest absolute Gasteiger partial charge is 0.340 e. The summed E-state index contributed by atoms with van der Waals surface area (Å²) in [6.45, 7) is 1.98. The first-order chi connectivity index (χ1) is 8.86. The van der Waals surface area contributed by atoms with Crippen molar-refractivity contribution in [2.24, 2.45) is 5.92 Å². The number of amides is 1. The van der Waals surface area contributed by atoms with Gasteiger partial charge in [-0.05, 0) is 19.1 Å². The number of halogens is 1. The molecule has 1 unspecified atom stereocenters. The number of benzene rings is 1. The van der Waals surface area contributed by atoms with Gasteiger partial charge in [-0.1, -0.05) is 11.6 Å². The molecule has 0 N–H and O–H groups in total. The van der Waals surface area contributed by atoms with Crippen molar-refractivity contribution in [3.05, 3.63) is 38.9 Å². The van der Waals surface area contributed by atoms with E-state index in [1.807, 2.05) is 6.07 Å². The molecule has 0 heterocycles. The maximum atomic E-state index is 12.0. The molecule has 6 nitrogen and oxygen atoms in total. The van der Waals surface area contributed by atoms with Crippen molar-refractivity contribution >= 4 is 23.2 Å². The number of carbonyl (C=O) groups is 1. The lowest BCUT2D eigenvalue weighted by molar-refractivity contribution is -0.384. The van der Waals surface area contributed by atoms with Gasteiger partial charge in [-0.2, -0.15) is 5.26 Å². The Balaban J connectivity index is 2.92. The van der Waals surface area contributed by atoms with Gasteiger partial charge in [0.25, 0.3) is 11.6 Å². The molecule has 0 radical (unpaired) electrons. The molecule has 0 saturated carbocycles. The summed E-state index contributed by atoms with van der Waals surface area (Å²) in [6, 6.07) is 5.83. The Hall–Kier alpha value is -2.13. The van der Waals surface area contributed by atoms with E-state index in [1.54, 1.807) is 14.0 Å². The number of nitrogens with zero attached hydrogens (tertiary/aromatic N) is 3. The maximum absolute atomic E-state index is 12.0. The minimum atomic E-state index is -0.613. The van der Waals surface area contributed by atoms with Crippen LogP contribution in [0.4, 0.5) is 5.69 Å². The van der Waals surface area contributed by atoms with Gasteiger partial charge in [0.2, 0.25) is 0 Å². The van der Waals surface area contributed by atoms with Crippen LogP contribution in [0.2, 0.25) is 5.02 Å². The Bertz CT molecular complexity index is 554. The fraction of sp³-hybridized carbons (Fsp3) is 0.333. The summed E-state index contributed by atoms with van der Waals surface area (Å²) in [6.07, 6.45) is 0. The molecule has 1 rings (SSSR count). The molecule has 1 amide bonds. The van der Waals surface area contributed by atoms with Crippen molar-refractivity contribution in [3.8, 4) is 6.07 Å². The molecule has 19 heavy (non-hydrogen) atoms.